The van der Waals surface area contributed by atoms with Gasteiger partial charge in [0.25, 0.3) is 0 Å². The number of amides is 1. The Morgan fingerprint density at radius 3 is 2.52 bits per heavy atom. The van der Waals surface area contributed by atoms with Crippen LogP contribution in [0.2, 0.25) is 0 Å². The van der Waals surface area contributed by atoms with Gasteiger partial charge in [0.15, 0.2) is 0 Å². The third kappa shape index (κ3) is 7.49. The Hall–Kier alpha value is -2.30. The van der Waals surface area contributed by atoms with Gasteiger partial charge in [-0.05, 0) is 50.0 Å². The number of hydrogen-bond acceptors (Lipinski definition) is 3. The zero-order valence-electron chi connectivity index (χ0n) is 14.1. The van der Waals surface area contributed by atoms with Crippen molar-refractivity contribution in [2.45, 2.75) is 46.3 Å². The van der Waals surface area contributed by atoms with Crippen LogP contribution in [0.15, 0.2) is 30.3 Å². The number of aliphatic carboxylic acids is 1. The van der Waals surface area contributed by atoms with Crippen molar-refractivity contribution >= 4 is 18.0 Å². The highest BCUT2D eigenvalue weighted by Gasteiger charge is 2.19. The van der Waals surface area contributed by atoms with Crippen molar-refractivity contribution in [3.63, 3.8) is 0 Å². The monoisotopic (exact) mass is 319 g/mol. The van der Waals surface area contributed by atoms with Crippen LogP contribution >= 0.6 is 0 Å². The van der Waals surface area contributed by atoms with Gasteiger partial charge in [-0.3, -0.25) is 4.79 Å². The van der Waals surface area contributed by atoms with Gasteiger partial charge < -0.3 is 15.2 Å². The molecule has 0 aromatic heterocycles. The molecule has 1 unspecified atom stereocenters. The normalized spacial score (nSPS) is 12.6. The topological polar surface area (TPSA) is 75.6 Å². The van der Waals surface area contributed by atoms with E-state index in [0.717, 1.165) is 11.3 Å². The number of benzene rings is 1. The molecule has 2 N–H and O–H groups in total. The van der Waals surface area contributed by atoms with Gasteiger partial charge in [0.2, 0.25) is 5.91 Å². The van der Waals surface area contributed by atoms with Crippen LogP contribution in [0.4, 0.5) is 0 Å². The minimum Gasteiger partial charge on any atom is -0.491 e. The highest BCUT2D eigenvalue weighted by Crippen LogP contribution is 2.16. The molecule has 1 rings (SSSR count). The number of hydrogen-bond donors (Lipinski definition) is 2. The van der Waals surface area contributed by atoms with Crippen molar-refractivity contribution in [3.8, 4) is 5.75 Å². The van der Waals surface area contributed by atoms with Crippen LogP contribution < -0.4 is 10.1 Å². The SMILES string of the molecule is CC(C)CC(NC(=O)/C=C/c1cccc(OC(C)C)c1)C(=O)O. The van der Waals surface area contributed by atoms with E-state index in [2.05, 4.69) is 5.32 Å². The fourth-order valence-electron chi connectivity index (χ4n) is 2.05. The maximum Gasteiger partial charge on any atom is 0.326 e. The fraction of sp³-hybridized carbons (Fsp3) is 0.444. The molecule has 0 heterocycles. The van der Waals surface area contributed by atoms with E-state index in [9.17, 15) is 9.59 Å². The minimum atomic E-state index is -1.02. The fourth-order valence-corrected chi connectivity index (χ4v) is 2.05. The van der Waals surface area contributed by atoms with Gasteiger partial charge in [-0.15, -0.1) is 0 Å². The Kier molecular flexibility index (Phi) is 7.32. The number of ether oxygens (including phenoxy) is 1. The van der Waals surface area contributed by atoms with Crippen molar-refractivity contribution in [1.82, 2.24) is 5.32 Å². The second kappa shape index (κ2) is 8.98. The summed E-state index contributed by atoms with van der Waals surface area (Å²) in [5.41, 5.74) is 0.814. The van der Waals surface area contributed by atoms with Crippen LogP contribution in [0, 0.1) is 5.92 Å². The molecule has 0 spiro atoms. The molecule has 1 amide bonds. The van der Waals surface area contributed by atoms with E-state index in [-0.39, 0.29) is 12.0 Å². The molecule has 0 fully saturated rings. The lowest BCUT2D eigenvalue weighted by Crippen LogP contribution is -2.40. The van der Waals surface area contributed by atoms with Crippen molar-refractivity contribution in [3.05, 3.63) is 35.9 Å². The van der Waals surface area contributed by atoms with Crippen LogP contribution in [0.5, 0.6) is 5.75 Å². The zero-order valence-corrected chi connectivity index (χ0v) is 14.1. The Morgan fingerprint density at radius 1 is 1.26 bits per heavy atom. The number of carboxylic acids is 1. The first kappa shape index (κ1) is 18.7. The summed E-state index contributed by atoms with van der Waals surface area (Å²) in [5, 5.41) is 11.6. The zero-order chi connectivity index (χ0) is 17.4. The molecule has 0 aliphatic carbocycles. The lowest BCUT2D eigenvalue weighted by atomic mass is 10.0. The van der Waals surface area contributed by atoms with Gasteiger partial charge in [-0.1, -0.05) is 26.0 Å². The standard InChI is InChI=1S/C18H25NO4/c1-12(2)10-16(18(21)22)19-17(20)9-8-14-6-5-7-15(11-14)23-13(3)4/h5-9,11-13,16H,10H2,1-4H3,(H,19,20)(H,21,22)/b9-8+. The highest BCUT2D eigenvalue weighted by molar-refractivity contribution is 5.94. The Morgan fingerprint density at radius 2 is 1.96 bits per heavy atom. The molecule has 0 saturated carbocycles. The summed E-state index contributed by atoms with van der Waals surface area (Å²) >= 11 is 0. The largest absolute Gasteiger partial charge is 0.491 e. The summed E-state index contributed by atoms with van der Waals surface area (Å²) in [6.45, 7) is 7.71. The molecule has 1 aromatic rings. The molecule has 0 aliphatic heterocycles. The van der Waals surface area contributed by atoms with Gasteiger partial charge in [-0.25, -0.2) is 4.79 Å². The molecule has 0 aliphatic rings. The summed E-state index contributed by atoms with van der Waals surface area (Å²) in [6.07, 6.45) is 3.44. The lowest BCUT2D eigenvalue weighted by molar-refractivity contribution is -0.141. The Labute approximate surface area is 137 Å². The average Bonchev–Trinajstić information content (AvgIpc) is 2.43. The first-order valence-corrected chi connectivity index (χ1v) is 7.76. The van der Waals surface area contributed by atoms with Gasteiger partial charge in [0.1, 0.15) is 11.8 Å². The average molecular weight is 319 g/mol. The van der Waals surface area contributed by atoms with E-state index >= 15 is 0 Å². The molecule has 5 heteroatoms. The molecule has 5 nitrogen and oxygen atoms in total. The predicted octanol–water partition coefficient (Wildman–Crippen LogP) is 3.10. The van der Waals surface area contributed by atoms with E-state index in [4.69, 9.17) is 9.84 Å². The molecule has 23 heavy (non-hydrogen) atoms. The third-order valence-corrected chi connectivity index (χ3v) is 2.98. The smallest absolute Gasteiger partial charge is 0.326 e. The van der Waals surface area contributed by atoms with Crippen molar-refractivity contribution in [2.75, 3.05) is 0 Å². The van der Waals surface area contributed by atoms with Crippen LogP contribution in [-0.2, 0) is 9.59 Å². The summed E-state index contributed by atoms with van der Waals surface area (Å²) in [4.78, 5) is 23.0. The van der Waals surface area contributed by atoms with Crippen molar-refractivity contribution in [2.24, 2.45) is 5.92 Å². The molecule has 1 atom stereocenters. The summed E-state index contributed by atoms with van der Waals surface area (Å²) < 4.78 is 5.59. The quantitative estimate of drug-likeness (QED) is 0.722. The Balaban J connectivity index is 2.68. The molecule has 0 bridgehead atoms. The van der Waals surface area contributed by atoms with Crippen LogP contribution in [-0.4, -0.2) is 29.1 Å². The lowest BCUT2D eigenvalue weighted by Gasteiger charge is -2.15. The van der Waals surface area contributed by atoms with Crippen LogP contribution in [0.1, 0.15) is 39.7 Å². The second-order valence-electron chi connectivity index (χ2n) is 6.10. The van der Waals surface area contributed by atoms with E-state index in [1.807, 2.05) is 52.0 Å². The van der Waals surface area contributed by atoms with Crippen molar-refractivity contribution in [1.29, 1.82) is 0 Å². The number of nitrogens with one attached hydrogen (secondary N) is 1. The van der Waals surface area contributed by atoms with E-state index in [1.54, 1.807) is 6.08 Å². The first-order chi connectivity index (χ1) is 10.8. The first-order valence-electron chi connectivity index (χ1n) is 7.76. The number of carboxylic acid groups (broad SMARTS) is 1. The minimum absolute atomic E-state index is 0.0740. The number of rotatable bonds is 8. The van der Waals surface area contributed by atoms with E-state index < -0.39 is 17.9 Å². The summed E-state index contributed by atoms with van der Waals surface area (Å²) in [5.74, 6) is -0.531. The number of carbonyl (C=O) groups excluding carboxylic acids is 1. The molecule has 0 saturated heterocycles. The van der Waals surface area contributed by atoms with E-state index in [0.29, 0.717) is 6.42 Å². The second-order valence-corrected chi connectivity index (χ2v) is 6.10. The van der Waals surface area contributed by atoms with Gasteiger partial charge in [0.05, 0.1) is 6.10 Å². The van der Waals surface area contributed by atoms with Crippen LogP contribution in [0.3, 0.4) is 0 Å². The molecular weight excluding hydrogens is 294 g/mol. The maximum absolute atomic E-state index is 11.9. The van der Waals surface area contributed by atoms with Gasteiger partial charge in [-0.2, -0.15) is 0 Å². The highest BCUT2D eigenvalue weighted by atomic mass is 16.5. The van der Waals surface area contributed by atoms with E-state index in [1.165, 1.54) is 6.08 Å². The van der Waals surface area contributed by atoms with Gasteiger partial charge >= 0.3 is 5.97 Å². The van der Waals surface area contributed by atoms with Crippen molar-refractivity contribution < 1.29 is 19.4 Å². The number of carbonyl (C=O) groups is 2. The van der Waals surface area contributed by atoms with Crippen LogP contribution in [0.25, 0.3) is 6.08 Å². The summed E-state index contributed by atoms with van der Waals surface area (Å²) in [7, 11) is 0. The molecular formula is C18H25NO4. The summed E-state index contributed by atoms with van der Waals surface area (Å²) in [6, 6.07) is 6.49. The third-order valence-electron chi connectivity index (χ3n) is 2.98. The maximum atomic E-state index is 11.9. The molecule has 0 radical (unpaired) electrons. The molecule has 126 valence electrons. The molecule has 1 aromatic carbocycles. The predicted molar refractivity (Wildman–Crippen MR) is 90.3 cm³/mol. The van der Waals surface area contributed by atoms with Gasteiger partial charge in [0, 0.05) is 6.08 Å². The Bertz CT molecular complexity index is 564.